The van der Waals surface area contributed by atoms with E-state index in [-0.39, 0.29) is 11.9 Å². The molecule has 1 N–H and O–H groups in total. The van der Waals surface area contributed by atoms with Gasteiger partial charge in [0.1, 0.15) is 10.6 Å². The van der Waals surface area contributed by atoms with Crippen LogP contribution in [-0.4, -0.2) is 18.1 Å². The molecule has 1 amide bonds. The second kappa shape index (κ2) is 8.55. The number of carbonyl (C=O) groups is 2. The van der Waals surface area contributed by atoms with E-state index in [9.17, 15) is 9.59 Å². The van der Waals surface area contributed by atoms with Gasteiger partial charge in [0.15, 0.2) is 0 Å². The van der Waals surface area contributed by atoms with E-state index in [2.05, 4.69) is 26.5 Å². The van der Waals surface area contributed by atoms with Gasteiger partial charge in [0, 0.05) is 10.0 Å². The van der Waals surface area contributed by atoms with Crippen molar-refractivity contribution in [3.05, 3.63) is 86.5 Å². The molecule has 3 rings (SSSR count). The van der Waals surface area contributed by atoms with E-state index < -0.39 is 0 Å². The van der Waals surface area contributed by atoms with Gasteiger partial charge in [-0.3, -0.25) is 4.79 Å². The summed E-state index contributed by atoms with van der Waals surface area (Å²) in [5, 5.41) is 5.75. The van der Waals surface area contributed by atoms with Gasteiger partial charge in [0.25, 0.3) is 5.91 Å². The van der Waals surface area contributed by atoms with E-state index >= 15 is 0 Å². The maximum Gasteiger partial charge on any atom is 0.353 e. The molecule has 2 aromatic carbocycles. The van der Waals surface area contributed by atoms with Crippen LogP contribution in [0.15, 0.2) is 75.6 Å². The van der Waals surface area contributed by atoms with E-state index in [1.54, 1.807) is 54.6 Å². The SMILES string of the molecule is O=C(N/N=C\c1ccc(OC(=O)c2cccs2)cc1)c1cccc(Br)c1. The van der Waals surface area contributed by atoms with Gasteiger partial charge in [-0.25, -0.2) is 10.2 Å². The summed E-state index contributed by atoms with van der Waals surface area (Å²) in [7, 11) is 0. The molecule has 0 aliphatic rings. The van der Waals surface area contributed by atoms with Gasteiger partial charge >= 0.3 is 5.97 Å². The van der Waals surface area contributed by atoms with Crippen LogP contribution >= 0.6 is 27.3 Å². The number of hydrogen-bond donors (Lipinski definition) is 1. The van der Waals surface area contributed by atoms with E-state index in [0.717, 1.165) is 10.0 Å². The number of ether oxygens (including phenoxy) is 1. The molecule has 0 radical (unpaired) electrons. The number of carbonyl (C=O) groups excluding carboxylic acids is 2. The topological polar surface area (TPSA) is 67.8 Å². The van der Waals surface area contributed by atoms with Crippen molar-refractivity contribution in [2.24, 2.45) is 5.10 Å². The highest BCUT2D eigenvalue weighted by atomic mass is 79.9. The van der Waals surface area contributed by atoms with Crippen molar-refractivity contribution in [2.45, 2.75) is 0 Å². The molecule has 7 heteroatoms. The summed E-state index contributed by atoms with van der Waals surface area (Å²) in [5.41, 5.74) is 3.73. The molecule has 3 aromatic rings. The number of esters is 1. The third-order valence-corrected chi connectivity index (χ3v) is 4.62. The number of hydrazone groups is 1. The predicted molar refractivity (Wildman–Crippen MR) is 105 cm³/mol. The Labute approximate surface area is 162 Å². The first kappa shape index (κ1) is 18.0. The van der Waals surface area contributed by atoms with Crippen LogP contribution in [0.3, 0.4) is 0 Å². The van der Waals surface area contributed by atoms with Gasteiger partial charge in [0.05, 0.1) is 6.21 Å². The van der Waals surface area contributed by atoms with Gasteiger partial charge < -0.3 is 4.74 Å². The lowest BCUT2D eigenvalue weighted by atomic mass is 10.2. The minimum atomic E-state index is -0.386. The average molecular weight is 429 g/mol. The first-order chi connectivity index (χ1) is 12.6. The highest BCUT2D eigenvalue weighted by Gasteiger charge is 2.09. The summed E-state index contributed by atoms with van der Waals surface area (Å²) in [6, 6.07) is 17.4. The molecule has 26 heavy (non-hydrogen) atoms. The summed E-state index contributed by atoms with van der Waals surface area (Å²) in [6.45, 7) is 0. The van der Waals surface area contributed by atoms with Crippen LogP contribution in [0.4, 0.5) is 0 Å². The number of halogens is 1. The van der Waals surface area contributed by atoms with E-state index in [0.29, 0.717) is 16.2 Å². The van der Waals surface area contributed by atoms with Crippen LogP contribution in [-0.2, 0) is 0 Å². The first-order valence-electron chi connectivity index (χ1n) is 7.56. The van der Waals surface area contributed by atoms with Gasteiger partial charge in [-0.1, -0.05) is 28.1 Å². The van der Waals surface area contributed by atoms with Crippen molar-refractivity contribution in [3.63, 3.8) is 0 Å². The molecular formula is C19H13BrN2O3S. The Bertz CT molecular complexity index is 938. The lowest BCUT2D eigenvalue weighted by Crippen LogP contribution is -2.17. The summed E-state index contributed by atoms with van der Waals surface area (Å²) >= 11 is 4.65. The molecule has 0 spiro atoms. The maximum absolute atomic E-state index is 12.0. The third kappa shape index (κ3) is 4.87. The normalized spacial score (nSPS) is 10.7. The van der Waals surface area contributed by atoms with Crippen molar-refractivity contribution in [1.29, 1.82) is 0 Å². The van der Waals surface area contributed by atoms with Crippen molar-refractivity contribution < 1.29 is 14.3 Å². The monoisotopic (exact) mass is 428 g/mol. The average Bonchev–Trinajstić information content (AvgIpc) is 3.18. The first-order valence-corrected chi connectivity index (χ1v) is 9.24. The molecule has 0 aliphatic heterocycles. The predicted octanol–water partition coefficient (Wildman–Crippen LogP) is 4.49. The van der Waals surface area contributed by atoms with Crippen LogP contribution in [0.2, 0.25) is 0 Å². The highest BCUT2D eigenvalue weighted by Crippen LogP contribution is 2.16. The number of nitrogens with zero attached hydrogens (tertiary/aromatic N) is 1. The molecule has 0 saturated heterocycles. The Hall–Kier alpha value is -2.77. The Morgan fingerprint density at radius 2 is 1.88 bits per heavy atom. The minimum absolute atomic E-state index is 0.302. The lowest BCUT2D eigenvalue weighted by molar-refractivity contribution is 0.0739. The zero-order valence-corrected chi connectivity index (χ0v) is 15.8. The number of rotatable bonds is 5. The fraction of sp³-hybridized carbons (Fsp3) is 0. The van der Waals surface area contributed by atoms with E-state index in [1.807, 2.05) is 11.4 Å². The Kier molecular flexibility index (Phi) is 5.93. The molecule has 0 unspecified atom stereocenters. The molecule has 1 heterocycles. The highest BCUT2D eigenvalue weighted by molar-refractivity contribution is 9.10. The van der Waals surface area contributed by atoms with Crippen LogP contribution < -0.4 is 10.2 Å². The standard InChI is InChI=1S/C19H13BrN2O3S/c20-15-4-1-3-14(11-15)18(23)22-21-12-13-6-8-16(9-7-13)25-19(24)17-5-2-10-26-17/h1-12H,(H,22,23)/b21-12-. The summed E-state index contributed by atoms with van der Waals surface area (Å²) in [5.74, 6) is -0.245. The number of nitrogens with one attached hydrogen (secondary N) is 1. The molecule has 0 bridgehead atoms. The summed E-state index contributed by atoms with van der Waals surface area (Å²) < 4.78 is 6.10. The summed E-state index contributed by atoms with van der Waals surface area (Å²) in [4.78, 5) is 24.4. The van der Waals surface area contributed by atoms with Gasteiger partial charge in [0.2, 0.25) is 0 Å². The Morgan fingerprint density at radius 1 is 1.08 bits per heavy atom. The van der Waals surface area contributed by atoms with Gasteiger partial charge in [-0.15, -0.1) is 11.3 Å². The smallest absolute Gasteiger partial charge is 0.353 e. The number of benzene rings is 2. The molecule has 0 fully saturated rings. The van der Waals surface area contributed by atoms with E-state index in [1.165, 1.54) is 17.6 Å². The van der Waals surface area contributed by atoms with Crippen LogP contribution in [0, 0.1) is 0 Å². The zero-order valence-electron chi connectivity index (χ0n) is 13.4. The largest absolute Gasteiger partial charge is 0.422 e. The van der Waals surface area contributed by atoms with Gasteiger partial charge in [-0.05, 0) is 59.5 Å². The molecule has 5 nitrogen and oxygen atoms in total. The Morgan fingerprint density at radius 3 is 2.58 bits per heavy atom. The number of amides is 1. The van der Waals surface area contributed by atoms with Crippen LogP contribution in [0.1, 0.15) is 25.6 Å². The van der Waals surface area contributed by atoms with E-state index in [4.69, 9.17) is 4.74 Å². The molecular weight excluding hydrogens is 416 g/mol. The fourth-order valence-electron chi connectivity index (χ4n) is 2.03. The fourth-order valence-corrected chi connectivity index (χ4v) is 3.03. The second-order valence-corrected chi connectivity index (χ2v) is 7.01. The molecule has 1 aromatic heterocycles. The zero-order chi connectivity index (χ0) is 18.4. The Balaban J connectivity index is 1.56. The number of hydrogen-bond acceptors (Lipinski definition) is 5. The molecule has 0 aliphatic carbocycles. The molecule has 0 saturated carbocycles. The quantitative estimate of drug-likeness (QED) is 0.281. The molecule has 0 atom stereocenters. The minimum Gasteiger partial charge on any atom is -0.422 e. The van der Waals surface area contributed by atoms with Gasteiger partial charge in [-0.2, -0.15) is 5.10 Å². The number of thiophene rings is 1. The van der Waals surface area contributed by atoms with Crippen LogP contribution in [0.5, 0.6) is 5.75 Å². The molecule has 130 valence electrons. The maximum atomic E-state index is 12.0. The van der Waals surface area contributed by atoms with Crippen LogP contribution in [0.25, 0.3) is 0 Å². The van der Waals surface area contributed by atoms with Crippen molar-refractivity contribution in [2.75, 3.05) is 0 Å². The van der Waals surface area contributed by atoms with Crippen molar-refractivity contribution in [1.82, 2.24) is 5.43 Å². The summed E-state index contributed by atoms with van der Waals surface area (Å²) in [6.07, 6.45) is 1.51. The van der Waals surface area contributed by atoms with Crippen molar-refractivity contribution in [3.8, 4) is 5.75 Å². The second-order valence-electron chi connectivity index (χ2n) is 5.15. The third-order valence-electron chi connectivity index (χ3n) is 3.28. The van der Waals surface area contributed by atoms with Crippen molar-refractivity contribution >= 4 is 45.4 Å². The lowest BCUT2D eigenvalue weighted by Gasteiger charge is -2.03.